The fourth-order valence-electron chi connectivity index (χ4n) is 15.4. The molecule has 53 nitrogen and oxygen atoms in total. The third kappa shape index (κ3) is 41.9. The van der Waals surface area contributed by atoms with Gasteiger partial charge in [-0.2, -0.15) is 25.3 Å². The molecular formula is C93H135N25O28S2. The Morgan fingerprint density at radius 2 is 0.777 bits per heavy atom. The Morgan fingerprint density at radius 1 is 0.405 bits per heavy atom. The number of hydrogen-bond acceptors (Lipinski definition) is 28. The van der Waals surface area contributed by atoms with Crippen LogP contribution in [0.3, 0.4) is 0 Å². The van der Waals surface area contributed by atoms with Gasteiger partial charge in [-0.1, -0.05) is 102 Å². The van der Waals surface area contributed by atoms with Gasteiger partial charge in [0.15, 0.2) is 11.9 Å². The number of phenols is 1. The molecule has 34 N–H and O–H groups in total. The first-order valence-corrected chi connectivity index (χ1v) is 48.7. The highest BCUT2D eigenvalue weighted by atomic mass is 32.1. The zero-order chi connectivity index (χ0) is 111. The van der Waals surface area contributed by atoms with Gasteiger partial charge in [0.05, 0.1) is 25.3 Å². The predicted molar refractivity (Wildman–Crippen MR) is 536 cm³/mol. The normalized spacial score (nSPS) is 15.4. The molecule has 1 aromatic heterocycles. The van der Waals surface area contributed by atoms with Crippen LogP contribution in [0.15, 0.2) is 85.1 Å². The number of carboxylic acid groups (broad SMARTS) is 5. The average Bonchev–Trinajstić information content (AvgIpc) is 1.77. The van der Waals surface area contributed by atoms with E-state index in [0.29, 0.717) is 22.0 Å². The van der Waals surface area contributed by atoms with E-state index in [0.717, 1.165) is 4.90 Å². The van der Waals surface area contributed by atoms with E-state index in [9.17, 15) is 122 Å². The molecular weight excluding hydrogens is 1980 g/mol. The summed E-state index contributed by atoms with van der Waals surface area (Å²) in [6, 6.07) is -8.98. The van der Waals surface area contributed by atoms with Crippen molar-refractivity contribution in [1.29, 1.82) is 10.8 Å². The lowest BCUT2D eigenvalue weighted by molar-refractivity contribution is -0.147. The second-order valence-corrected chi connectivity index (χ2v) is 37.1. The molecule has 2 heterocycles. The minimum absolute atomic E-state index is 0.0375. The number of carbonyl (C=O) groups excluding carboxylic acids is 17. The van der Waals surface area contributed by atoms with E-state index in [1.807, 2.05) is 0 Å². The molecule has 55 heteroatoms. The van der Waals surface area contributed by atoms with Crippen molar-refractivity contribution in [3.05, 3.63) is 102 Å². The number of para-hydroxylation sites is 1. The molecule has 0 aliphatic carbocycles. The number of amides is 17. The molecule has 17 atom stereocenters. The molecule has 1 aliphatic rings. The zero-order valence-electron chi connectivity index (χ0n) is 82.5. The van der Waals surface area contributed by atoms with Gasteiger partial charge >= 0.3 is 29.8 Å². The number of aromatic amines is 1. The number of aromatic nitrogens is 1. The van der Waals surface area contributed by atoms with Crippen LogP contribution in [0, 0.1) is 28.6 Å². The van der Waals surface area contributed by atoms with Crippen molar-refractivity contribution < 1.29 is 136 Å². The standard InChI is InChI=1S/C93H135N25O28S2/c1-44(2)34-58(107-75(129)47(7)94)79(133)114-66(43-148)86(140)111-62(38-70(123)124)83(137)113-64(40-72(127)128)90(144)118-33-15-22-67(118)87(141)105-55(21-14-32-101-93(98)99)78(132)116-74(46(5)6)89(143)112-63(39-71(125)126)82(136)103-54(20-13-31-100-92(96)97)76(130)110-61(37-50-41-102-53-19-12-11-18-52(50)53)81(135)109-59(36-49-23-25-51(119)26-24-49)80(134)115-65(42-147)85(139)104-56(27-29-68(95)120)77(131)108-60(35-48-16-9-8-10-17-48)84(138)117-73(45(3)4)88(142)106-57(91(145)146)28-30-69(121)122/h8-12,16-19,23-26,41,44-47,54-67,73-74,102,119,147-148H,13-15,20-22,27-40,42-43,94H2,1-7H3,(H2,95,120)(H,103,136)(H,104,139)(H,105,141)(H,106,142)(H,107,129)(H,108,131)(H,109,135)(H,110,130)(H,111,140)(H,112,143)(H,113,137)(H,114,133)(H,115,134)(H,116,132)(H,117,138)(H,121,122)(H,123,124)(H,125,126)(H,127,128)(H,145,146)(H4,96,97,100)(H4,98,99,101)/t47-,54-,55-,56-,57-,58-,59-,60-,61-,62-,63-,64-,65-,66-,67-,73-,74-/m0/s1. The number of carbonyl (C=O) groups is 22. The number of hydrogen-bond donors (Lipinski definition) is 32. The molecule has 0 bridgehead atoms. The number of H-pyrrole nitrogens is 1. The van der Waals surface area contributed by atoms with Crippen molar-refractivity contribution in [2.75, 3.05) is 31.1 Å². The van der Waals surface area contributed by atoms with E-state index >= 15 is 14.4 Å². The molecule has 148 heavy (non-hydrogen) atoms. The second-order valence-electron chi connectivity index (χ2n) is 36.4. The number of rotatable bonds is 64. The summed E-state index contributed by atoms with van der Waals surface area (Å²) in [6.45, 7) is 10.1. The number of aliphatic carboxylic acids is 5. The predicted octanol–water partition coefficient (Wildman–Crippen LogP) is -6.11. The fraction of sp³-hybridized carbons (Fsp3) is 0.527. The van der Waals surface area contributed by atoms with Crippen molar-refractivity contribution in [3.8, 4) is 5.75 Å². The van der Waals surface area contributed by atoms with Gasteiger partial charge < -0.3 is 154 Å². The number of nitrogens with one attached hydrogen (secondary N) is 20. The Bertz CT molecular complexity index is 5380. The van der Waals surface area contributed by atoms with Gasteiger partial charge in [-0.15, -0.1) is 0 Å². The maximum absolute atomic E-state index is 15.5. The minimum atomic E-state index is -2.15. The van der Waals surface area contributed by atoms with Gasteiger partial charge in [-0.25, -0.2) is 4.79 Å². The zero-order valence-corrected chi connectivity index (χ0v) is 84.3. The summed E-state index contributed by atoms with van der Waals surface area (Å²) in [5, 5.41) is 117. The van der Waals surface area contributed by atoms with E-state index in [1.165, 1.54) is 65.1 Å². The number of phenolic OH excluding ortho intramolecular Hbond substituents is 1. The van der Waals surface area contributed by atoms with Crippen LogP contribution in [0.5, 0.6) is 5.75 Å². The Kier molecular flexibility index (Phi) is 50.8. The molecule has 3 aromatic carbocycles. The highest BCUT2D eigenvalue weighted by Crippen LogP contribution is 2.24. The Morgan fingerprint density at radius 3 is 1.23 bits per heavy atom. The summed E-state index contributed by atoms with van der Waals surface area (Å²) in [5.74, 6) is -31.3. The third-order valence-corrected chi connectivity index (χ3v) is 23.9. The summed E-state index contributed by atoms with van der Waals surface area (Å²) in [5.41, 5.74) is 24.0. The van der Waals surface area contributed by atoms with Gasteiger partial charge in [-0.3, -0.25) is 112 Å². The molecule has 0 radical (unpaired) electrons. The summed E-state index contributed by atoms with van der Waals surface area (Å²) in [4.78, 5) is 308. The molecule has 0 spiro atoms. The smallest absolute Gasteiger partial charge is 0.326 e. The number of likely N-dealkylation sites (tertiary alicyclic amines) is 1. The number of thiol groups is 2. The maximum atomic E-state index is 15.5. The number of carboxylic acids is 5. The quantitative estimate of drug-likeness (QED) is 0.00846. The number of guanidine groups is 2. The Labute approximate surface area is 861 Å². The number of nitrogens with two attached hydrogens (primary N) is 4. The van der Waals surface area contributed by atoms with Crippen molar-refractivity contribution in [2.24, 2.45) is 40.7 Å². The first kappa shape index (κ1) is 123. The van der Waals surface area contributed by atoms with Crippen LogP contribution < -0.4 is 113 Å². The van der Waals surface area contributed by atoms with Crippen molar-refractivity contribution in [3.63, 3.8) is 0 Å². The first-order chi connectivity index (χ1) is 69.7. The Balaban J connectivity index is 1.46. The molecule has 812 valence electrons. The van der Waals surface area contributed by atoms with Crippen molar-refractivity contribution in [2.45, 2.75) is 260 Å². The summed E-state index contributed by atoms with van der Waals surface area (Å²) in [6.07, 6.45) is -6.67. The third-order valence-electron chi connectivity index (χ3n) is 23.2. The molecule has 0 saturated carbocycles. The highest BCUT2D eigenvalue weighted by molar-refractivity contribution is 7.80. The van der Waals surface area contributed by atoms with Crippen LogP contribution in [-0.2, 0) is 125 Å². The lowest BCUT2D eigenvalue weighted by atomic mass is 9.99. The Hall–Kier alpha value is -15.5. The summed E-state index contributed by atoms with van der Waals surface area (Å²) < 4.78 is 0. The van der Waals surface area contributed by atoms with E-state index in [1.54, 1.807) is 68.4 Å². The summed E-state index contributed by atoms with van der Waals surface area (Å²) >= 11 is 8.48. The van der Waals surface area contributed by atoms with Crippen LogP contribution in [0.25, 0.3) is 10.9 Å². The summed E-state index contributed by atoms with van der Waals surface area (Å²) in [7, 11) is 0. The molecule has 1 fully saturated rings. The van der Waals surface area contributed by atoms with E-state index in [4.69, 9.17) is 33.8 Å². The van der Waals surface area contributed by atoms with Crippen molar-refractivity contribution in [1.82, 2.24) is 100 Å². The topological polar surface area (TPSA) is 872 Å². The van der Waals surface area contributed by atoms with Crippen molar-refractivity contribution >= 4 is 178 Å². The van der Waals surface area contributed by atoms with Gasteiger partial charge in [-0.05, 0) is 117 Å². The van der Waals surface area contributed by atoms with Gasteiger partial charge in [0.1, 0.15) is 102 Å². The van der Waals surface area contributed by atoms with E-state index in [-0.39, 0.29) is 81.8 Å². The highest BCUT2D eigenvalue weighted by Gasteiger charge is 2.44. The lowest BCUT2D eigenvalue weighted by Gasteiger charge is -2.31. The van der Waals surface area contributed by atoms with Crippen LogP contribution >= 0.6 is 25.3 Å². The number of aromatic hydroxyl groups is 1. The van der Waals surface area contributed by atoms with Crippen LogP contribution in [-0.4, -0.2) is 317 Å². The number of benzene rings is 3. The molecule has 17 amide bonds. The van der Waals surface area contributed by atoms with Gasteiger partial charge in [0.25, 0.3) is 0 Å². The first-order valence-electron chi connectivity index (χ1n) is 47.5. The van der Waals surface area contributed by atoms with Crippen LogP contribution in [0.2, 0.25) is 0 Å². The van der Waals surface area contributed by atoms with E-state index < -0.39 is 332 Å². The largest absolute Gasteiger partial charge is 0.508 e. The molecule has 5 rings (SSSR count). The van der Waals surface area contributed by atoms with Crippen LogP contribution in [0.1, 0.15) is 155 Å². The number of primary amides is 1. The number of fused-ring (bicyclic) bond motifs is 1. The molecule has 1 aliphatic heterocycles. The SMILES string of the molecule is CC(C)C[C@H](NC(=O)[C@H](C)N)C(=O)N[C@@H](CS)C(=O)N[C@@H](CC(=O)O)C(=O)N[C@@H](CC(=O)O)C(=O)N1CCC[C@H]1C(=O)N[C@@H](CCCNC(=N)N)C(=O)N[C@H](C(=O)N[C@@H](CC(=O)O)C(=O)N[C@@H](CCCNC(=N)N)C(=O)N[C@@H](Cc1c[nH]c2ccccc12)C(=O)N[C@@H](Cc1ccc(O)cc1)C(=O)N[C@@H](CS)C(=O)N[C@@H](CCC(N)=O)C(=O)N[C@@H](Cc1ccccc1)C(=O)N[C@H](C(=O)N[C@@H](CCC(=O)O)C(=O)O)C(C)C)C(C)C. The number of nitrogens with zero attached hydrogens (tertiary/aromatic N) is 1. The van der Waals surface area contributed by atoms with Gasteiger partial charge in [0, 0.05) is 80.3 Å². The molecule has 4 aromatic rings. The molecule has 1 saturated heterocycles. The monoisotopic (exact) mass is 2110 g/mol. The lowest BCUT2D eigenvalue weighted by Crippen LogP contribution is -2.62. The van der Waals surface area contributed by atoms with Crippen LogP contribution in [0.4, 0.5) is 0 Å². The molecule has 0 unspecified atom stereocenters. The van der Waals surface area contributed by atoms with E-state index in [2.05, 4.69) is 121 Å². The average molecular weight is 2120 g/mol. The second kappa shape index (κ2) is 61.1. The minimum Gasteiger partial charge on any atom is -0.508 e. The van der Waals surface area contributed by atoms with Gasteiger partial charge in [0.2, 0.25) is 100 Å². The maximum Gasteiger partial charge on any atom is 0.326 e. The fourth-order valence-corrected chi connectivity index (χ4v) is 15.9.